The zero-order valence-corrected chi connectivity index (χ0v) is 15.4. The van der Waals surface area contributed by atoms with Crippen molar-refractivity contribution in [2.24, 2.45) is 0 Å². The fourth-order valence-corrected chi connectivity index (χ4v) is 2.39. The van der Waals surface area contributed by atoms with Crippen LogP contribution in [0.1, 0.15) is 15.9 Å². The first kappa shape index (κ1) is 20.9. The van der Waals surface area contributed by atoms with Crippen molar-refractivity contribution in [1.29, 1.82) is 0 Å². The number of rotatable bonds is 9. The van der Waals surface area contributed by atoms with E-state index < -0.39 is 36.8 Å². The predicted octanol–water partition coefficient (Wildman–Crippen LogP) is 1.47. The van der Waals surface area contributed by atoms with Gasteiger partial charge in [0.15, 0.2) is 6.61 Å². The van der Waals surface area contributed by atoms with Gasteiger partial charge < -0.3 is 20.1 Å². The molecule has 0 aliphatic rings. The summed E-state index contributed by atoms with van der Waals surface area (Å²) in [6, 6.07) is 12.8. The monoisotopic (exact) mass is 388 g/mol. The Morgan fingerprint density at radius 3 is 2.46 bits per heavy atom. The van der Waals surface area contributed by atoms with E-state index in [1.807, 2.05) is 24.3 Å². The molecule has 0 saturated heterocycles. The maximum atomic E-state index is 13.5. The van der Waals surface area contributed by atoms with Gasteiger partial charge in [0.25, 0.3) is 11.8 Å². The fourth-order valence-electron chi connectivity index (χ4n) is 2.39. The molecule has 2 aromatic carbocycles. The zero-order valence-electron chi connectivity index (χ0n) is 15.4. The number of halogens is 1. The number of carbonyl (C=O) groups excluding carboxylic acids is 3. The van der Waals surface area contributed by atoms with Gasteiger partial charge >= 0.3 is 5.97 Å². The number of benzene rings is 2. The summed E-state index contributed by atoms with van der Waals surface area (Å²) in [6.07, 6.45) is 0.558. The first-order valence-electron chi connectivity index (χ1n) is 8.58. The molecule has 0 aromatic heterocycles. The molecule has 28 heavy (non-hydrogen) atoms. The summed E-state index contributed by atoms with van der Waals surface area (Å²) in [5.41, 5.74) is 0.766. The van der Waals surface area contributed by atoms with Crippen LogP contribution in [0, 0.1) is 5.82 Å². The average Bonchev–Trinajstić information content (AvgIpc) is 2.71. The highest BCUT2D eigenvalue weighted by Gasteiger charge is 2.13. The Balaban J connectivity index is 1.66. The molecule has 0 atom stereocenters. The van der Waals surface area contributed by atoms with Crippen molar-refractivity contribution in [3.05, 3.63) is 65.5 Å². The minimum Gasteiger partial charge on any atom is -0.496 e. The molecular weight excluding hydrogens is 367 g/mol. The Hall–Kier alpha value is -3.42. The third-order valence-electron chi connectivity index (χ3n) is 3.79. The molecule has 0 spiro atoms. The zero-order chi connectivity index (χ0) is 20.4. The average molecular weight is 388 g/mol. The Morgan fingerprint density at radius 2 is 1.71 bits per heavy atom. The number of hydrogen-bond acceptors (Lipinski definition) is 5. The van der Waals surface area contributed by atoms with Crippen LogP contribution in [0.15, 0.2) is 48.5 Å². The molecule has 0 aliphatic heterocycles. The molecular formula is C20H21FN2O5. The van der Waals surface area contributed by atoms with Gasteiger partial charge in [-0.15, -0.1) is 0 Å². The number of para-hydroxylation sites is 1. The molecule has 0 unspecified atom stereocenters. The van der Waals surface area contributed by atoms with Gasteiger partial charge in [-0.05, 0) is 30.2 Å². The SMILES string of the molecule is COc1ccccc1CCNC(=O)COC(=O)CNC(=O)c1ccccc1F. The first-order chi connectivity index (χ1) is 13.5. The van der Waals surface area contributed by atoms with Crippen LogP contribution in [0.2, 0.25) is 0 Å². The van der Waals surface area contributed by atoms with E-state index in [0.717, 1.165) is 17.4 Å². The van der Waals surface area contributed by atoms with Crippen LogP contribution in [0.4, 0.5) is 4.39 Å². The highest BCUT2D eigenvalue weighted by atomic mass is 19.1. The molecule has 0 bridgehead atoms. The molecule has 0 fully saturated rings. The van der Waals surface area contributed by atoms with E-state index in [1.165, 1.54) is 18.2 Å². The van der Waals surface area contributed by atoms with Gasteiger partial charge in [-0.3, -0.25) is 14.4 Å². The van der Waals surface area contributed by atoms with Crippen molar-refractivity contribution >= 4 is 17.8 Å². The highest BCUT2D eigenvalue weighted by Crippen LogP contribution is 2.17. The quantitative estimate of drug-likeness (QED) is 0.635. The second kappa shape index (κ2) is 10.7. The molecule has 0 aliphatic carbocycles. The minimum absolute atomic E-state index is 0.176. The van der Waals surface area contributed by atoms with Crippen LogP contribution in [0.5, 0.6) is 5.75 Å². The molecule has 2 aromatic rings. The number of methoxy groups -OCH3 is 1. The Labute approximate surface area is 161 Å². The predicted molar refractivity (Wildman–Crippen MR) is 99.4 cm³/mol. The molecule has 2 amide bonds. The summed E-state index contributed by atoms with van der Waals surface area (Å²) in [5, 5.41) is 4.87. The molecule has 0 heterocycles. The number of amides is 2. The lowest BCUT2D eigenvalue weighted by molar-refractivity contribution is -0.147. The van der Waals surface area contributed by atoms with Gasteiger partial charge in [0.1, 0.15) is 18.1 Å². The van der Waals surface area contributed by atoms with Gasteiger partial charge in [0.05, 0.1) is 12.7 Å². The number of hydrogen-bond donors (Lipinski definition) is 2. The van der Waals surface area contributed by atoms with Crippen molar-refractivity contribution in [2.75, 3.05) is 26.8 Å². The van der Waals surface area contributed by atoms with Crippen LogP contribution < -0.4 is 15.4 Å². The lowest BCUT2D eigenvalue weighted by Crippen LogP contribution is -2.34. The van der Waals surface area contributed by atoms with Gasteiger partial charge in [-0.25, -0.2) is 4.39 Å². The van der Waals surface area contributed by atoms with Gasteiger partial charge in [0.2, 0.25) is 0 Å². The van der Waals surface area contributed by atoms with E-state index in [9.17, 15) is 18.8 Å². The lowest BCUT2D eigenvalue weighted by atomic mass is 10.1. The molecule has 8 heteroatoms. The third kappa shape index (κ3) is 6.39. The van der Waals surface area contributed by atoms with E-state index >= 15 is 0 Å². The molecule has 2 N–H and O–H groups in total. The van der Waals surface area contributed by atoms with E-state index in [4.69, 9.17) is 9.47 Å². The minimum atomic E-state index is -0.801. The molecule has 0 radical (unpaired) electrons. The number of esters is 1. The number of ether oxygens (including phenoxy) is 2. The Kier molecular flexibility index (Phi) is 7.95. The van der Waals surface area contributed by atoms with Crippen LogP contribution in [0.25, 0.3) is 0 Å². The van der Waals surface area contributed by atoms with E-state index in [0.29, 0.717) is 13.0 Å². The number of carbonyl (C=O) groups is 3. The molecule has 2 rings (SSSR count). The van der Waals surface area contributed by atoms with E-state index in [1.54, 1.807) is 7.11 Å². The van der Waals surface area contributed by atoms with E-state index in [-0.39, 0.29) is 5.56 Å². The van der Waals surface area contributed by atoms with Gasteiger partial charge in [-0.2, -0.15) is 0 Å². The largest absolute Gasteiger partial charge is 0.496 e. The van der Waals surface area contributed by atoms with E-state index in [2.05, 4.69) is 10.6 Å². The smallest absolute Gasteiger partial charge is 0.325 e. The first-order valence-corrected chi connectivity index (χ1v) is 8.58. The Bertz CT molecular complexity index is 841. The van der Waals surface area contributed by atoms with Crippen LogP contribution in [-0.2, 0) is 20.7 Å². The van der Waals surface area contributed by atoms with Crippen LogP contribution in [0.3, 0.4) is 0 Å². The second-order valence-corrected chi connectivity index (χ2v) is 5.74. The van der Waals surface area contributed by atoms with Crippen LogP contribution in [-0.4, -0.2) is 44.6 Å². The fraction of sp³-hybridized carbons (Fsp3) is 0.250. The van der Waals surface area contributed by atoms with Crippen molar-refractivity contribution in [3.8, 4) is 5.75 Å². The van der Waals surface area contributed by atoms with Gasteiger partial charge in [-0.1, -0.05) is 30.3 Å². The summed E-state index contributed by atoms with van der Waals surface area (Å²) < 4.78 is 23.5. The molecule has 7 nitrogen and oxygen atoms in total. The summed E-state index contributed by atoms with van der Waals surface area (Å²) in [4.78, 5) is 35.1. The molecule has 148 valence electrons. The van der Waals surface area contributed by atoms with Crippen molar-refractivity contribution in [1.82, 2.24) is 10.6 Å². The standard InChI is InChI=1S/C20H21FN2O5/c1-27-17-9-5-2-6-14(17)10-11-22-18(24)13-28-19(25)12-23-20(26)15-7-3-4-8-16(15)21/h2-9H,10-13H2,1H3,(H,22,24)(H,23,26). The normalized spacial score (nSPS) is 10.1. The summed E-state index contributed by atoms with van der Waals surface area (Å²) in [7, 11) is 1.57. The summed E-state index contributed by atoms with van der Waals surface area (Å²) in [5.74, 6) is -1.97. The van der Waals surface area contributed by atoms with Crippen LogP contribution >= 0.6 is 0 Å². The Morgan fingerprint density at radius 1 is 1.00 bits per heavy atom. The third-order valence-corrected chi connectivity index (χ3v) is 3.79. The number of nitrogens with one attached hydrogen (secondary N) is 2. The summed E-state index contributed by atoms with van der Waals surface area (Å²) >= 11 is 0. The maximum absolute atomic E-state index is 13.5. The highest BCUT2D eigenvalue weighted by molar-refractivity contribution is 5.96. The second-order valence-electron chi connectivity index (χ2n) is 5.74. The maximum Gasteiger partial charge on any atom is 0.325 e. The van der Waals surface area contributed by atoms with Gasteiger partial charge in [0, 0.05) is 6.54 Å². The molecule has 0 saturated carbocycles. The van der Waals surface area contributed by atoms with Crippen molar-refractivity contribution in [2.45, 2.75) is 6.42 Å². The van der Waals surface area contributed by atoms with Crippen molar-refractivity contribution < 1.29 is 28.2 Å². The lowest BCUT2D eigenvalue weighted by Gasteiger charge is -2.10. The topological polar surface area (TPSA) is 93.7 Å². The van der Waals surface area contributed by atoms with Crippen molar-refractivity contribution in [3.63, 3.8) is 0 Å². The summed E-state index contributed by atoms with van der Waals surface area (Å²) in [6.45, 7) is -0.594.